The third-order valence-electron chi connectivity index (χ3n) is 7.98. The van der Waals surface area contributed by atoms with Crippen LogP contribution in [0.4, 0.5) is 11.6 Å². The number of hydrogen-bond acceptors (Lipinski definition) is 10. The molecule has 272 valence electrons. The van der Waals surface area contributed by atoms with E-state index in [-0.39, 0.29) is 49.6 Å². The molecule has 4 rings (SSSR count). The molecule has 0 bridgehead atoms. The molecule has 1 aliphatic heterocycles. The first-order valence-corrected chi connectivity index (χ1v) is 18.1. The molecule has 2 aromatic heterocycles. The number of ether oxygens (including phenoxy) is 1. The molecule has 1 aromatic carbocycles. The highest BCUT2D eigenvalue weighted by Crippen LogP contribution is 2.50. The molecule has 3 N–H and O–H groups in total. The van der Waals surface area contributed by atoms with Gasteiger partial charge in [-0.05, 0) is 58.4 Å². The standard InChI is InChI=1S/C36H47N8O6P/c1-8-29-30(50-51(48-20-19-37-6)44(24(2)3)25(4)5)21-32(49-29)43-23-28(15-12-18-39-34(45)27-16-17-31(38-7)40-22-27)33(42-36(43)47)41-35(46)26-13-10-9-11-14-26/h9-17,22-25,29-30,32H,8,18-21H2,1-5,7H3,(H,38,40)(H,39,45)(H,41,42,46,47). The SMILES string of the molecule is [C-]#[N+]CCOP(OC1CC(n2cc(C=CCNC(=O)c3ccc(NC)nc3)c(NC(=O)c3ccccc3)nc2=O)OC1CC)N(C(C)C)C(C)C. The molecule has 0 spiro atoms. The van der Waals surface area contributed by atoms with Gasteiger partial charge in [0.1, 0.15) is 24.5 Å². The van der Waals surface area contributed by atoms with Crippen molar-refractivity contribution in [2.24, 2.45) is 0 Å². The fourth-order valence-corrected chi connectivity index (χ4v) is 7.30. The van der Waals surface area contributed by atoms with Gasteiger partial charge in [0, 0.05) is 55.6 Å². The number of anilines is 2. The normalized spacial score (nSPS) is 17.9. The third kappa shape index (κ3) is 10.7. The number of rotatable bonds is 17. The van der Waals surface area contributed by atoms with Crippen LogP contribution in [0.25, 0.3) is 10.9 Å². The van der Waals surface area contributed by atoms with E-state index in [0.717, 1.165) is 0 Å². The van der Waals surface area contributed by atoms with Crippen molar-refractivity contribution in [1.29, 1.82) is 0 Å². The highest BCUT2D eigenvalue weighted by atomic mass is 31.2. The summed E-state index contributed by atoms with van der Waals surface area (Å²) < 4.78 is 22.7. The zero-order valence-corrected chi connectivity index (χ0v) is 30.8. The Bertz CT molecular complexity index is 1720. The van der Waals surface area contributed by atoms with Crippen molar-refractivity contribution in [3.63, 3.8) is 0 Å². The molecule has 1 fully saturated rings. The molecular weight excluding hydrogens is 671 g/mol. The van der Waals surface area contributed by atoms with Gasteiger partial charge in [-0.15, -0.1) is 0 Å². The van der Waals surface area contributed by atoms with Crippen molar-refractivity contribution >= 4 is 38.1 Å². The molecule has 4 unspecified atom stereocenters. The van der Waals surface area contributed by atoms with E-state index in [1.54, 1.807) is 67.9 Å². The van der Waals surface area contributed by atoms with Crippen LogP contribution in [0.15, 0.2) is 65.7 Å². The fraction of sp³-hybridized carbons (Fsp3) is 0.444. The summed E-state index contributed by atoms with van der Waals surface area (Å²) in [5.74, 6) is -0.0206. The van der Waals surface area contributed by atoms with Gasteiger partial charge >= 0.3 is 5.69 Å². The van der Waals surface area contributed by atoms with Crippen LogP contribution in [-0.4, -0.2) is 82.1 Å². The lowest BCUT2D eigenvalue weighted by Crippen LogP contribution is -2.35. The summed E-state index contributed by atoms with van der Waals surface area (Å²) >= 11 is 0. The summed E-state index contributed by atoms with van der Waals surface area (Å²) in [6.07, 6.45) is 6.01. The van der Waals surface area contributed by atoms with Gasteiger partial charge in [-0.1, -0.05) is 37.3 Å². The number of nitrogens with one attached hydrogen (secondary N) is 3. The average molecular weight is 719 g/mol. The summed E-state index contributed by atoms with van der Waals surface area (Å²) in [5.41, 5.74) is 0.632. The van der Waals surface area contributed by atoms with E-state index in [9.17, 15) is 14.4 Å². The van der Waals surface area contributed by atoms with Gasteiger partial charge in [0.15, 0.2) is 0 Å². The average Bonchev–Trinajstić information content (AvgIpc) is 3.53. The second-order valence-corrected chi connectivity index (χ2v) is 13.7. The van der Waals surface area contributed by atoms with Crippen molar-refractivity contribution in [2.45, 2.75) is 78.0 Å². The van der Waals surface area contributed by atoms with Gasteiger partial charge in [-0.3, -0.25) is 14.2 Å². The lowest BCUT2D eigenvalue weighted by Gasteiger charge is -2.37. The first-order chi connectivity index (χ1) is 24.6. The predicted molar refractivity (Wildman–Crippen MR) is 198 cm³/mol. The summed E-state index contributed by atoms with van der Waals surface area (Å²) in [7, 11) is 0.220. The van der Waals surface area contributed by atoms with E-state index in [1.165, 1.54) is 10.8 Å². The van der Waals surface area contributed by atoms with E-state index in [0.29, 0.717) is 35.3 Å². The maximum atomic E-state index is 13.5. The molecule has 0 saturated carbocycles. The second-order valence-electron chi connectivity index (χ2n) is 12.3. The van der Waals surface area contributed by atoms with E-state index in [4.69, 9.17) is 20.4 Å². The van der Waals surface area contributed by atoms with Gasteiger partial charge in [0.05, 0.1) is 17.8 Å². The number of hydrogen-bond donors (Lipinski definition) is 3. The summed E-state index contributed by atoms with van der Waals surface area (Å²) in [5, 5.41) is 8.50. The lowest BCUT2D eigenvalue weighted by molar-refractivity contribution is -0.0200. The number of carbonyl (C=O) groups is 2. The highest BCUT2D eigenvalue weighted by Gasteiger charge is 2.41. The van der Waals surface area contributed by atoms with E-state index in [2.05, 4.69) is 63.1 Å². The molecule has 14 nitrogen and oxygen atoms in total. The highest BCUT2D eigenvalue weighted by molar-refractivity contribution is 7.44. The molecule has 3 aromatic rings. The third-order valence-corrected chi connectivity index (χ3v) is 10.1. The maximum absolute atomic E-state index is 13.5. The molecule has 0 radical (unpaired) electrons. The summed E-state index contributed by atoms with van der Waals surface area (Å²) in [4.78, 5) is 51.2. The Balaban J connectivity index is 1.59. The quantitative estimate of drug-likeness (QED) is 0.0895. The molecule has 0 aliphatic carbocycles. The molecule has 2 amide bonds. The Morgan fingerprint density at radius 1 is 1.14 bits per heavy atom. The minimum atomic E-state index is -1.53. The molecular formula is C36H47N8O6P. The van der Waals surface area contributed by atoms with Crippen LogP contribution in [0.5, 0.6) is 0 Å². The lowest BCUT2D eigenvalue weighted by atomic mass is 10.1. The van der Waals surface area contributed by atoms with E-state index in [1.807, 2.05) is 6.92 Å². The van der Waals surface area contributed by atoms with Crippen LogP contribution < -0.4 is 21.6 Å². The number of pyridine rings is 1. The van der Waals surface area contributed by atoms with Crippen LogP contribution >= 0.6 is 8.53 Å². The summed E-state index contributed by atoms with van der Waals surface area (Å²) in [6.45, 7) is 18.1. The van der Waals surface area contributed by atoms with Crippen LogP contribution in [0.2, 0.25) is 0 Å². The van der Waals surface area contributed by atoms with Crippen LogP contribution in [-0.2, 0) is 13.8 Å². The summed E-state index contributed by atoms with van der Waals surface area (Å²) in [6, 6.07) is 12.3. The number of nitrogens with zero attached hydrogens (tertiary/aromatic N) is 5. The minimum absolute atomic E-state index is 0.0682. The minimum Gasteiger partial charge on any atom is -0.373 e. The number of aromatic nitrogens is 3. The van der Waals surface area contributed by atoms with Gasteiger partial charge < -0.3 is 34.6 Å². The van der Waals surface area contributed by atoms with E-state index >= 15 is 0 Å². The molecule has 3 heterocycles. The van der Waals surface area contributed by atoms with Crippen LogP contribution in [0, 0.1) is 6.57 Å². The van der Waals surface area contributed by atoms with Gasteiger partial charge in [0.25, 0.3) is 20.3 Å². The van der Waals surface area contributed by atoms with Crippen molar-refractivity contribution < 1.29 is 23.4 Å². The van der Waals surface area contributed by atoms with Crippen molar-refractivity contribution in [3.05, 3.63) is 99.5 Å². The van der Waals surface area contributed by atoms with Crippen molar-refractivity contribution in [3.8, 4) is 0 Å². The van der Waals surface area contributed by atoms with Crippen LogP contribution in [0.1, 0.15) is 80.0 Å². The largest absolute Gasteiger partial charge is 0.373 e. The molecule has 15 heteroatoms. The maximum Gasteiger partial charge on any atom is 0.351 e. The fourth-order valence-electron chi connectivity index (χ4n) is 5.55. The van der Waals surface area contributed by atoms with Gasteiger partial charge in [0.2, 0.25) is 6.54 Å². The second kappa shape index (κ2) is 19.2. The molecule has 1 saturated heterocycles. The molecule has 51 heavy (non-hydrogen) atoms. The first kappa shape index (κ1) is 39.3. The molecule has 1 aliphatic rings. The smallest absolute Gasteiger partial charge is 0.351 e. The predicted octanol–water partition coefficient (Wildman–Crippen LogP) is 5.74. The van der Waals surface area contributed by atoms with Crippen molar-refractivity contribution in [1.82, 2.24) is 24.5 Å². The van der Waals surface area contributed by atoms with E-state index < -0.39 is 32.5 Å². The number of carbonyl (C=O) groups excluding carboxylic acids is 2. The monoisotopic (exact) mass is 718 g/mol. The van der Waals surface area contributed by atoms with Gasteiger partial charge in [-0.25, -0.2) is 21.0 Å². The Morgan fingerprint density at radius 3 is 2.51 bits per heavy atom. The first-order valence-electron chi connectivity index (χ1n) is 17.0. The van der Waals surface area contributed by atoms with Crippen LogP contribution in [0.3, 0.4) is 0 Å². The van der Waals surface area contributed by atoms with Gasteiger partial charge in [-0.2, -0.15) is 4.98 Å². The zero-order valence-electron chi connectivity index (χ0n) is 29.9. The Morgan fingerprint density at radius 2 is 1.88 bits per heavy atom. The Kier molecular flexibility index (Phi) is 14.8. The zero-order chi connectivity index (χ0) is 36.9. The molecule has 4 atom stereocenters. The number of amides is 2. The number of benzene rings is 1. The van der Waals surface area contributed by atoms with Crippen molar-refractivity contribution in [2.75, 3.05) is 37.4 Å². The Hall–Kier alpha value is -4.51. The topological polar surface area (TPSA) is 153 Å². The Labute approximate surface area is 300 Å².